The van der Waals surface area contributed by atoms with Crippen molar-refractivity contribution in [2.75, 3.05) is 13.1 Å². The molecule has 0 radical (unpaired) electrons. The van der Waals surface area contributed by atoms with Crippen molar-refractivity contribution in [3.05, 3.63) is 16.1 Å². The number of thiazole rings is 1. The number of rotatable bonds is 2. The van der Waals surface area contributed by atoms with Crippen LogP contribution >= 0.6 is 11.3 Å². The van der Waals surface area contributed by atoms with Crippen LogP contribution in [0.2, 0.25) is 0 Å². The summed E-state index contributed by atoms with van der Waals surface area (Å²) in [5, 5.41) is 9.67. The Balaban J connectivity index is 1.98. The predicted molar refractivity (Wildman–Crippen MR) is 74.2 cm³/mol. The second-order valence-electron chi connectivity index (χ2n) is 5.78. The number of hydrogen-bond donors (Lipinski definition) is 1. The molecule has 20 heavy (non-hydrogen) atoms. The van der Waals surface area contributed by atoms with Gasteiger partial charge in [-0.15, -0.1) is 11.3 Å². The molecule has 1 aliphatic rings. The minimum Gasteiger partial charge on any atom is -0.477 e. The lowest BCUT2D eigenvalue weighted by molar-refractivity contribution is 0.0292. The van der Waals surface area contributed by atoms with Crippen molar-refractivity contribution in [2.24, 2.45) is 0 Å². The monoisotopic (exact) mass is 298 g/mol. The summed E-state index contributed by atoms with van der Waals surface area (Å²) in [4.78, 5) is 28.8. The smallest absolute Gasteiger partial charge is 0.410 e. The van der Waals surface area contributed by atoms with E-state index in [-0.39, 0.29) is 16.9 Å². The zero-order valence-corrected chi connectivity index (χ0v) is 12.6. The molecule has 0 aliphatic carbocycles. The highest BCUT2D eigenvalue weighted by Gasteiger charge is 2.32. The van der Waals surface area contributed by atoms with E-state index >= 15 is 0 Å². The van der Waals surface area contributed by atoms with Gasteiger partial charge in [-0.25, -0.2) is 14.6 Å². The summed E-state index contributed by atoms with van der Waals surface area (Å²) in [5.74, 6) is -0.864. The Labute approximate surface area is 121 Å². The largest absolute Gasteiger partial charge is 0.477 e. The number of carbonyl (C=O) groups is 2. The fourth-order valence-corrected chi connectivity index (χ4v) is 2.91. The lowest BCUT2D eigenvalue weighted by atomic mass is 10.1. The summed E-state index contributed by atoms with van der Waals surface area (Å²) >= 11 is 1.18. The van der Waals surface area contributed by atoms with Crippen LogP contribution in [0.3, 0.4) is 0 Å². The number of ether oxygens (including phenoxy) is 1. The van der Waals surface area contributed by atoms with Crippen LogP contribution in [0.15, 0.2) is 6.20 Å². The Bertz CT molecular complexity index is 521. The lowest BCUT2D eigenvalue weighted by Crippen LogP contribution is -2.35. The first-order valence-corrected chi connectivity index (χ1v) is 7.25. The molecule has 110 valence electrons. The van der Waals surface area contributed by atoms with Crippen LogP contribution in [0.1, 0.15) is 47.8 Å². The van der Waals surface area contributed by atoms with Crippen LogP contribution in [0.5, 0.6) is 0 Å². The molecule has 7 heteroatoms. The van der Waals surface area contributed by atoms with Crippen molar-refractivity contribution < 1.29 is 19.4 Å². The molecule has 1 fully saturated rings. The van der Waals surface area contributed by atoms with Gasteiger partial charge in [-0.3, -0.25) is 0 Å². The van der Waals surface area contributed by atoms with E-state index in [1.54, 1.807) is 4.90 Å². The second kappa shape index (κ2) is 5.40. The van der Waals surface area contributed by atoms with Gasteiger partial charge in [0.2, 0.25) is 0 Å². The van der Waals surface area contributed by atoms with Gasteiger partial charge in [0, 0.05) is 19.0 Å². The lowest BCUT2D eigenvalue weighted by Gasteiger charge is -2.24. The Morgan fingerprint density at radius 3 is 2.75 bits per heavy atom. The summed E-state index contributed by atoms with van der Waals surface area (Å²) in [6, 6.07) is 0. The highest BCUT2D eigenvalue weighted by atomic mass is 32.1. The molecule has 1 amide bonds. The number of carboxylic acid groups (broad SMARTS) is 1. The first-order chi connectivity index (χ1) is 9.26. The van der Waals surface area contributed by atoms with E-state index in [2.05, 4.69) is 4.98 Å². The highest BCUT2D eigenvalue weighted by molar-refractivity contribution is 7.13. The third-order valence-corrected chi connectivity index (χ3v) is 4.07. The van der Waals surface area contributed by atoms with Crippen molar-refractivity contribution in [1.29, 1.82) is 0 Å². The van der Waals surface area contributed by atoms with E-state index < -0.39 is 11.6 Å². The summed E-state index contributed by atoms with van der Waals surface area (Å²) in [6.07, 6.45) is 1.83. The standard InChI is InChI=1S/C13H18N2O4S/c1-13(2,3)19-12(18)15-5-4-8(7-15)10-14-6-9(20-10)11(16)17/h6,8H,4-5,7H2,1-3H3,(H,16,17)/t8-/m1/s1. The van der Waals surface area contributed by atoms with E-state index in [0.29, 0.717) is 13.1 Å². The first kappa shape index (κ1) is 14.8. The van der Waals surface area contributed by atoms with Crippen molar-refractivity contribution >= 4 is 23.4 Å². The molecule has 0 bridgehead atoms. The normalized spacial score (nSPS) is 19.1. The summed E-state index contributed by atoms with van der Waals surface area (Å²) in [5.41, 5.74) is -0.507. The number of hydrogen-bond acceptors (Lipinski definition) is 5. The molecular weight excluding hydrogens is 280 g/mol. The van der Waals surface area contributed by atoms with E-state index in [4.69, 9.17) is 9.84 Å². The van der Waals surface area contributed by atoms with Crippen LogP contribution in [-0.2, 0) is 4.74 Å². The summed E-state index contributed by atoms with van der Waals surface area (Å²) in [7, 11) is 0. The molecule has 1 aliphatic heterocycles. The Morgan fingerprint density at radius 2 is 2.20 bits per heavy atom. The van der Waals surface area contributed by atoms with Crippen LogP contribution in [0.4, 0.5) is 4.79 Å². The van der Waals surface area contributed by atoms with Gasteiger partial charge in [0.15, 0.2) is 0 Å². The van der Waals surface area contributed by atoms with Gasteiger partial charge in [0.25, 0.3) is 0 Å². The fourth-order valence-electron chi connectivity index (χ4n) is 2.03. The number of nitrogens with zero attached hydrogens (tertiary/aromatic N) is 2. The van der Waals surface area contributed by atoms with Crippen molar-refractivity contribution in [2.45, 2.75) is 38.7 Å². The third kappa shape index (κ3) is 3.47. The van der Waals surface area contributed by atoms with Crippen LogP contribution in [0.25, 0.3) is 0 Å². The van der Waals surface area contributed by atoms with Gasteiger partial charge in [0.1, 0.15) is 10.5 Å². The molecule has 0 aromatic carbocycles. The van der Waals surface area contributed by atoms with Gasteiger partial charge in [-0.2, -0.15) is 0 Å². The van der Waals surface area contributed by atoms with Gasteiger partial charge in [-0.05, 0) is 27.2 Å². The number of aromatic carboxylic acids is 1. The average molecular weight is 298 g/mol. The maximum absolute atomic E-state index is 11.9. The summed E-state index contributed by atoms with van der Waals surface area (Å²) < 4.78 is 5.33. The Morgan fingerprint density at radius 1 is 1.50 bits per heavy atom. The molecule has 0 spiro atoms. The average Bonchev–Trinajstić information content (AvgIpc) is 2.95. The van der Waals surface area contributed by atoms with E-state index in [0.717, 1.165) is 11.4 Å². The molecule has 6 nitrogen and oxygen atoms in total. The second-order valence-corrected chi connectivity index (χ2v) is 6.84. The SMILES string of the molecule is CC(C)(C)OC(=O)N1CC[C@@H](c2ncc(C(=O)O)s2)C1. The van der Waals surface area contributed by atoms with E-state index in [9.17, 15) is 9.59 Å². The van der Waals surface area contributed by atoms with Crippen LogP contribution in [-0.4, -0.2) is 45.7 Å². The number of carboxylic acids is 1. The Kier molecular flexibility index (Phi) is 3.99. The third-order valence-electron chi connectivity index (χ3n) is 2.92. The maximum Gasteiger partial charge on any atom is 0.410 e. The van der Waals surface area contributed by atoms with E-state index in [1.807, 2.05) is 20.8 Å². The number of aromatic nitrogens is 1. The molecule has 2 heterocycles. The molecule has 0 unspecified atom stereocenters. The van der Waals surface area contributed by atoms with Crippen LogP contribution in [0, 0.1) is 0 Å². The topological polar surface area (TPSA) is 79.7 Å². The first-order valence-electron chi connectivity index (χ1n) is 6.43. The number of amides is 1. The Hall–Kier alpha value is -1.63. The van der Waals surface area contributed by atoms with Gasteiger partial charge >= 0.3 is 12.1 Å². The van der Waals surface area contributed by atoms with Crippen molar-refractivity contribution in [1.82, 2.24) is 9.88 Å². The zero-order valence-electron chi connectivity index (χ0n) is 11.8. The van der Waals surface area contributed by atoms with Gasteiger partial charge < -0.3 is 14.7 Å². The predicted octanol–water partition coefficient (Wildman–Crippen LogP) is 2.57. The van der Waals surface area contributed by atoms with Gasteiger partial charge in [0.05, 0.1) is 11.2 Å². The number of likely N-dealkylation sites (tertiary alicyclic amines) is 1. The quantitative estimate of drug-likeness (QED) is 0.907. The molecule has 0 saturated carbocycles. The minimum atomic E-state index is -0.962. The minimum absolute atomic E-state index is 0.0978. The molecular formula is C13H18N2O4S. The van der Waals surface area contributed by atoms with Crippen LogP contribution < -0.4 is 0 Å². The highest BCUT2D eigenvalue weighted by Crippen LogP contribution is 2.31. The molecule has 1 N–H and O–H groups in total. The molecule has 1 aromatic rings. The van der Waals surface area contributed by atoms with Crippen molar-refractivity contribution in [3.8, 4) is 0 Å². The molecule has 1 atom stereocenters. The molecule has 1 saturated heterocycles. The maximum atomic E-state index is 11.9. The zero-order chi connectivity index (χ0) is 14.9. The number of carbonyl (C=O) groups excluding carboxylic acids is 1. The van der Waals surface area contributed by atoms with Crippen molar-refractivity contribution in [3.63, 3.8) is 0 Å². The molecule has 1 aromatic heterocycles. The summed E-state index contributed by atoms with van der Waals surface area (Å²) in [6.45, 7) is 6.64. The fraction of sp³-hybridized carbons (Fsp3) is 0.615. The molecule has 2 rings (SSSR count). The van der Waals surface area contributed by atoms with E-state index in [1.165, 1.54) is 17.5 Å². The van der Waals surface area contributed by atoms with Gasteiger partial charge in [-0.1, -0.05) is 0 Å².